The third-order valence-electron chi connectivity index (χ3n) is 4.88. The summed E-state index contributed by atoms with van der Waals surface area (Å²) in [5, 5.41) is 0. The minimum atomic E-state index is 1.18. The molecule has 0 bridgehead atoms. The summed E-state index contributed by atoms with van der Waals surface area (Å²) in [6, 6.07) is 40.7. The van der Waals surface area contributed by atoms with Crippen molar-refractivity contribution in [1.29, 1.82) is 0 Å². The topological polar surface area (TPSA) is 4.93 Å². The van der Waals surface area contributed by atoms with E-state index in [9.17, 15) is 0 Å². The van der Waals surface area contributed by atoms with Crippen LogP contribution >= 0.6 is 11.3 Å². The van der Waals surface area contributed by atoms with Gasteiger partial charge in [0.25, 0.3) is 0 Å². The summed E-state index contributed by atoms with van der Waals surface area (Å²) in [5.41, 5.74) is 6.09. The molecule has 0 aliphatic heterocycles. The zero-order chi connectivity index (χ0) is 18.8. The minimum absolute atomic E-state index is 1.18. The van der Waals surface area contributed by atoms with E-state index < -0.39 is 0 Å². The predicted molar refractivity (Wildman–Crippen MR) is 120 cm³/mol. The first kappa shape index (κ1) is 16.8. The van der Waals surface area contributed by atoms with Crippen molar-refractivity contribution in [1.82, 2.24) is 4.57 Å². The van der Waals surface area contributed by atoms with Crippen LogP contribution in [0, 0.1) is 0 Å². The maximum atomic E-state index is 2.36. The van der Waals surface area contributed by atoms with E-state index in [-0.39, 0.29) is 0 Å². The van der Waals surface area contributed by atoms with Crippen molar-refractivity contribution < 1.29 is 0 Å². The molecule has 28 heavy (non-hydrogen) atoms. The molecule has 0 saturated carbocycles. The van der Waals surface area contributed by atoms with E-state index in [2.05, 4.69) is 120 Å². The number of hydrogen-bond acceptors (Lipinski definition) is 1. The molecule has 0 saturated heterocycles. The van der Waals surface area contributed by atoms with E-state index in [1.807, 2.05) is 11.3 Å². The van der Waals surface area contributed by atoms with E-state index in [1.165, 1.54) is 38.0 Å². The quantitative estimate of drug-likeness (QED) is 0.305. The molecule has 0 N–H and O–H groups in total. The summed E-state index contributed by atoms with van der Waals surface area (Å²) in [6.45, 7) is 0. The molecule has 2 heteroatoms. The molecule has 1 nitrogen and oxygen atoms in total. The fourth-order valence-corrected chi connectivity index (χ4v) is 4.58. The average molecular weight is 378 g/mol. The van der Waals surface area contributed by atoms with Crippen LogP contribution in [0.25, 0.3) is 38.0 Å². The summed E-state index contributed by atoms with van der Waals surface area (Å²) in [4.78, 5) is 2.56. The van der Waals surface area contributed by atoms with Gasteiger partial charge >= 0.3 is 0 Å². The summed E-state index contributed by atoms with van der Waals surface area (Å²) in [5.74, 6) is 0. The first-order chi connectivity index (χ1) is 13.9. The van der Waals surface area contributed by atoms with Crippen LogP contribution in [0.5, 0.6) is 0 Å². The molecule has 2 aromatic heterocycles. The van der Waals surface area contributed by atoms with Crippen molar-refractivity contribution in [3.8, 4) is 38.0 Å². The number of nitrogens with zero attached hydrogens (tertiary/aromatic N) is 1. The van der Waals surface area contributed by atoms with Gasteiger partial charge in [-0.25, -0.2) is 0 Å². The lowest BCUT2D eigenvalue weighted by Gasteiger charge is -2.13. The van der Waals surface area contributed by atoms with E-state index in [4.69, 9.17) is 0 Å². The number of benzene rings is 3. The normalized spacial score (nSPS) is 10.9. The molecule has 0 spiro atoms. The Balaban J connectivity index is 1.67. The van der Waals surface area contributed by atoms with Crippen LogP contribution in [0.15, 0.2) is 115 Å². The molecule has 134 valence electrons. The number of hydrogen-bond donors (Lipinski definition) is 0. The Kier molecular flexibility index (Phi) is 4.40. The molecular weight excluding hydrogens is 358 g/mol. The molecule has 0 unspecified atom stereocenters. The van der Waals surface area contributed by atoms with Crippen LogP contribution in [-0.2, 0) is 0 Å². The highest BCUT2D eigenvalue weighted by molar-refractivity contribution is 7.18. The maximum absolute atomic E-state index is 2.36. The number of para-hydroxylation sites is 1. The van der Waals surface area contributed by atoms with Gasteiger partial charge in [0.2, 0.25) is 0 Å². The molecule has 0 radical (unpaired) electrons. The zero-order valence-corrected chi connectivity index (χ0v) is 16.1. The SMILES string of the molecule is c1ccc(-c2ccc(-c3ccc(-c4ccccc4)n3-c3ccccc3)s2)cc1. The Morgan fingerprint density at radius 1 is 0.429 bits per heavy atom. The van der Waals surface area contributed by atoms with Gasteiger partial charge in [-0.15, -0.1) is 11.3 Å². The summed E-state index contributed by atoms with van der Waals surface area (Å²) >= 11 is 1.84. The van der Waals surface area contributed by atoms with Gasteiger partial charge in [-0.2, -0.15) is 0 Å². The van der Waals surface area contributed by atoms with Gasteiger partial charge < -0.3 is 4.57 Å². The standard InChI is InChI=1S/C26H19NS/c1-4-10-20(11-5-1)23-16-17-24(27(23)22-14-8-3-9-15-22)26-19-18-25(28-26)21-12-6-2-7-13-21/h1-19H. The van der Waals surface area contributed by atoms with Gasteiger partial charge in [0.1, 0.15) is 0 Å². The van der Waals surface area contributed by atoms with E-state index >= 15 is 0 Å². The van der Waals surface area contributed by atoms with Crippen LogP contribution in [0.2, 0.25) is 0 Å². The molecule has 0 atom stereocenters. The van der Waals surface area contributed by atoms with Gasteiger partial charge in [0, 0.05) is 10.6 Å². The maximum Gasteiger partial charge on any atom is 0.0635 e. The zero-order valence-electron chi connectivity index (χ0n) is 15.3. The third kappa shape index (κ3) is 3.08. The molecule has 5 rings (SSSR count). The highest BCUT2D eigenvalue weighted by Gasteiger charge is 2.15. The lowest BCUT2D eigenvalue weighted by atomic mass is 10.1. The molecule has 0 aliphatic rings. The molecule has 2 heterocycles. The fourth-order valence-electron chi connectivity index (χ4n) is 3.55. The lowest BCUT2D eigenvalue weighted by Crippen LogP contribution is -1.98. The van der Waals surface area contributed by atoms with Crippen molar-refractivity contribution in [2.75, 3.05) is 0 Å². The average Bonchev–Trinajstić information content (AvgIpc) is 3.43. The Labute approximate surface area is 169 Å². The predicted octanol–water partition coefficient (Wildman–Crippen LogP) is 7.54. The fraction of sp³-hybridized carbons (Fsp3) is 0. The second kappa shape index (κ2) is 7.34. The van der Waals surface area contributed by atoms with E-state index in [0.717, 1.165) is 0 Å². The number of thiophene rings is 1. The molecule has 5 aromatic rings. The second-order valence-electron chi connectivity index (χ2n) is 6.67. The van der Waals surface area contributed by atoms with Gasteiger partial charge in [-0.05, 0) is 47.5 Å². The number of aromatic nitrogens is 1. The Morgan fingerprint density at radius 2 is 0.964 bits per heavy atom. The summed E-state index contributed by atoms with van der Waals surface area (Å²) in [7, 11) is 0. The van der Waals surface area contributed by atoms with Gasteiger partial charge in [-0.3, -0.25) is 0 Å². The van der Waals surface area contributed by atoms with Gasteiger partial charge in [0.05, 0.1) is 16.3 Å². The summed E-state index contributed by atoms with van der Waals surface area (Å²) in [6.07, 6.45) is 0. The van der Waals surface area contributed by atoms with Gasteiger partial charge in [0.15, 0.2) is 0 Å². The highest BCUT2D eigenvalue weighted by Crippen LogP contribution is 2.38. The lowest BCUT2D eigenvalue weighted by molar-refractivity contribution is 1.10. The van der Waals surface area contributed by atoms with Crippen molar-refractivity contribution in [3.05, 3.63) is 115 Å². The van der Waals surface area contributed by atoms with Gasteiger partial charge in [-0.1, -0.05) is 78.9 Å². The van der Waals surface area contributed by atoms with Crippen molar-refractivity contribution >= 4 is 11.3 Å². The van der Waals surface area contributed by atoms with Crippen LogP contribution in [-0.4, -0.2) is 4.57 Å². The Bertz CT molecular complexity index is 1190. The van der Waals surface area contributed by atoms with Crippen LogP contribution < -0.4 is 0 Å². The summed E-state index contributed by atoms with van der Waals surface area (Å²) < 4.78 is 2.36. The first-order valence-electron chi connectivity index (χ1n) is 9.38. The van der Waals surface area contributed by atoms with Crippen LogP contribution in [0.1, 0.15) is 0 Å². The molecule has 0 fully saturated rings. The molecular formula is C26H19NS. The smallest absolute Gasteiger partial charge is 0.0635 e. The van der Waals surface area contributed by atoms with Crippen molar-refractivity contribution in [3.63, 3.8) is 0 Å². The van der Waals surface area contributed by atoms with Crippen LogP contribution in [0.3, 0.4) is 0 Å². The monoisotopic (exact) mass is 377 g/mol. The minimum Gasteiger partial charge on any atom is -0.308 e. The first-order valence-corrected chi connectivity index (χ1v) is 10.2. The van der Waals surface area contributed by atoms with E-state index in [1.54, 1.807) is 0 Å². The Hall–Kier alpha value is -3.36. The van der Waals surface area contributed by atoms with Crippen molar-refractivity contribution in [2.24, 2.45) is 0 Å². The Morgan fingerprint density at radius 3 is 1.64 bits per heavy atom. The molecule has 0 aliphatic carbocycles. The van der Waals surface area contributed by atoms with E-state index in [0.29, 0.717) is 0 Å². The molecule has 0 amide bonds. The molecule has 3 aromatic carbocycles. The largest absolute Gasteiger partial charge is 0.308 e. The van der Waals surface area contributed by atoms with Crippen LogP contribution in [0.4, 0.5) is 0 Å². The second-order valence-corrected chi connectivity index (χ2v) is 7.75. The highest BCUT2D eigenvalue weighted by atomic mass is 32.1. The number of rotatable bonds is 4. The third-order valence-corrected chi connectivity index (χ3v) is 6.04. The van der Waals surface area contributed by atoms with Crippen molar-refractivity contribution in [2.45, 2.75) is 0 Å².